The number of imide groups is 1. The summed E-state index contributed by atoms with van der Waals surface area (Å²) in [5.41, 5.74) is 0.416. The normalized spacial score (nSPS) is 22.2. The quantitative estimate of drug-likeness (QED) is 0.754. The zero-order chi connectivity index (χ0) is 20.8. The van der Waals surface area contributed by atoms with E-state index >= 15 is 0 Å². The predicted octanol–water partition coefficient (Wildman–Crippen LogP) is 3.45. The van der Waals surface area contributed by atoms with Gasteiger partial charge in [-0.1, -0.05) is 32.9 Å². The van der Waals surface area contributed by atoms with Gasteiger partial charge in [0.2, 0.25) is 0 Å². The zero-order valence-electron chi connectivity index (χ0n) is 16.4. The Bertz CT molecular complexity index is 961. The number of amides is 4. The minimum absolute atomic E-state index is 0.223. The molecule has 2 aromatic rings. The highest BCUT2D eigenvalue weighted by Crippen LogP contribution is 2.36. The van der Waals surface area contributed by atoms with Crippen molar-refractivity contribution in [2.75, 3.05) is 6.54 Å². The summed E-state index contributed by atoms with van der Waals surface area (Å²) in [4.78, 5) is 41.2. The van der Waals surface area contributed by atoms with Crippen LogP contribution >= 0.6 is 22.7 Å². The lowest BCUT2D eigenvalue weighted by atomic mass is 9.87. The second kappa shape index (κ2) is 7.38. The first-order valence-corrected chi connectivity index (χ1v) is 11.1. The summed E-state index contributed by atoms with van der Waals surface area (Å²) in [6.07, 6.45) is 0.609. The predicted molar refractivity (Wildman–Crippen MR) is 113 cm³/mol. The molecule has 0 spiro atoms. The molecular formula is C20H22N4O3S2. The van der Waals surface area contributed by atoms with Crippen molar-refractivity contribution in [3.63, 3.8) is 0 Å². The molecule has 4 rings (SSSR count). The molecule has 2 aliphatic heterocycles. The number of urea groups is 1. The summed E-state index contributed by atoms with van der Waals surface area (Å²) >= 11 is 3.14. The highest BCUT2D eigenvalue weighted by atomic mass is 32.1. The molecule has 29 heavy (non-hydrogen) atoms. The van der Waals surface area contributed by atoms with E-state index in [1.165, 1.54) is 5.01 Å². The minimum Gasteiger partial charge on any atom is -0.325 e. The van der Waals surface area contributed by atoms with E-state index in [0.717, 1.165) is 20.4 Å². The van der Waals surface area contributed by atoms with E-state index in [1.807, 2.05) is 55.8 Å². The van der Waals surface area contributed by atoms with Crippen LogP contribution in [0.25, 0.3) is 0 Å². The van der Waals surface area contributed by atoms with Crippen LogP contribution in [0.15, 0.2) is 40.1 Å². The van der Waals surface area contributed by atoms with Gasteiger partial charge in [-0.25, -0.2) is 9.80 Å². The van der Waals surface area contributed by atoms with E-state index in [1.54, 1.807) is 22.7 Å². The number of rotatable bonds is 4. The molecule has 0 saturated carbocycles. The summed E-state index contributed by atoms with van der Waals surface area (Å²) in [5.74, 6) is -0.738. The van der Waals surface area contributed by atoms with Gasteiger partial charge < -0.3 is 5.32 Å². The summed E-state index contributed by atoms with van der Waals surface area (Å²) in [5, 5.41) is 12.6. The molecule has 9 heteroatoms. The van der Waals surface area contributed by atoms with Crippen molar-refractivity contribution < 1.29 is 14.4 Å². The molecule has 0 bridgehead atoms. The summed E-state index contributed by atoms with van der Waals surface area (Å²) in [6.45, 7) is 5.32. The molecule has 0 unspecified atom stereocenters. The first-order valence-electron chi connectivity index (χ1n) is 9.34. The Morgan fingerprint density at radius 3 is 2.52 bits per heavy atom. The number of hydrazone groups is 1. The highest BCUT2D eigenvalue weighted by Gasteiger charge is 2.46. The van der Waals surface area contributed by atoms with Gasteiger partial charge in [0.05, 0.1) is 16.6 Å². The van der Waals surface area contributed by atoms with Crippen molar-refractivity contribution in [3.8, 4) is 0 Å². The SMILES string of the molecule is CC(C)(C)[C@@H]1NC(=O)N(CC(=O)N2N=C(c3cccs3)C[C@H]2c2cccs2)C1=O. The van der Waals surface area contributed by atoms with Crippen LogP contribution in [0.4, 0.5) is 4.79 Å². The van der Waals surface area contributed by atoms with Crippen molar-refractivity contribution >= 4 is 46.2 Å². The van der Waals surface area contributed by atoms with Gasteiger partial charge in [0, 0.05) is 11.3 Å². The number of hydrogen-bond donors (Lipinski definition) is 1. The van der Waals surface area contributed by atoms with Crippen molar-refractivity contribution in [1.82, 2.24) is 15.2 Å². The molecule has 2 aliphatic rings. The fourth-order valence-corrected chi connectivity index (χ4v) is 5.03. The smallest absolute Gasteiger partial charge is 0.325 e. The van der Waals surface area contributed by atoms with Crippen LogP contribution in [-0.4, -0.2) is 46.1 Å². The third-order valence-electron chi connectivity index (χ3n) is 5.03. The molecule has 152 valence electrons. The van der Waals surface area contributed by atoms with E-state index in [9.17, 15) is 14.4 Å². The van der Waals surface area contributed by atoms with Gasteiger partial charge in [-0.05, 0) is 28.3 Å². The molecule has 2 atom stereocenters. The van der Waals surface area contributed by atoms with Crippen LogP contribution in [0, 0.1) is 5.41 Å². The topological polar surface area (TPSA) is 82.1 Å². The van der Waals surface area contributed by atoms with Gasteiger partial charge in [0.25, 0.3) is 11.8 Å². The van der Waals surface area contributed by atoms with Crippen LogP contribution in [0.2, 0.25) is 0 Å². The third-order valence-corrected chi connectivity index (χ3v) is 6.92. The minimum atomic E-state index is -0.639. The molecule has 1 fully saturated rings. The van der Waals surface area contributed by atoms with Gasteiger partial charge in [-0.3, -0.25) is 14.5 Å². The van der Waals surface area contributed by atoms with Gasteiger partial charge in [0.1, 0.15) is 12.6 Å². The molecule has 0 aromatic carbocycles. The van der Waals surface area contributed by atoms with Crippen LogP contribution < -0.4 is 5.32 Å². The van der Waals surface area contributed by atoms with Gasteiger partial charge in [0.15, 0.2) is 0 Å². The van der Waals surface area contributed by atoms with Crippen molar-refractivity contribution in [3.05, 3.63) is 44.8 Å². The Morgan fingerprint density at radius 2 is 1.93 bits per heavy atom. The Labute approximate surface area is 177 Å². The van der Waals surface area contributed by atoms with E-state index in [0.29, 0.717) is 6.42 Å². The zero-order valence-corrected chi connectivity index (χ0v) is 18.0. The van der Waals surface area contributed by atoms with Crippen LogP contribution in [0.1, 0.15) is 43.0 Å². The number of nitrogens with one attached hydrogen (secondary N) is 1. The first-order chi connectivity index (χ1) is 13.8. The fourth-order valence-electron chi connectivity index (χ4n) is 3.50. The molecule has 0 radical (unpaired) electrons. The first kappa shape index (κ1) is 19.8. The number of carbonyl (C=O) groups excluding carboxylic acids is 3. The Morgan fingerprint density at radius 1 is 1.21 bits per heavy atom. The second-order valence-corrected chi connectivity index (χ2v) is 10.1. The van der Waals surface area contributed by atoms with Crippen LogP contribution in [0.3, 0.4) is 0 Å². The average Bonchev–Trinajstić information content (AvgIpc) is 3.42. The molecule has 0 aliphatic carbocycles. The maximum atomic E-state index is 13.1. The fraction of sp³-hybridized carbons (Fsp3) is 0.400. The molecule has 2 aromatic heterocycles. The van der Waals surface area contributed by atoms with Gasteiger partial charge >= 0.3 is 6.03 Å². The monoisotopic (exact) mass is 430 g/mol. The largest absolute Gasteiger partial charge is 0.325 e. The van der Waals surface area contributed by atoms with Gasteiger partial charge in [-0.2, -0.15) is 5.10 Å². The van der Waals surface area contributed by atoms with Crippen molar-refractivity contribution in [2.24, 2.45) is 10.5 Å². The van der Waals surface area contributed by atoms with Crippen LogP contribution in [0.5, 0.6) is 0 Å². The lowest BCUT2D eigenvalue weighted by Gasteiger charge is -2.25. The van der Waals surface area contributed by atoms with E-state index in [-0.39, 0.29) is 24.4 Å². The standard InChI is InChI=1S/C20H22N4O3S2/c1-20(2,3)17-18(26)23(19(27)21-17)11-16(25)24-13(15-7-5-9-29-15)10-12(22-24)14-6-4-8-28-14/h4-9,13,17H,10-11H2,1-3H3,(H,21,27)/t13-,17+/m0/s1. The second-order valence-electron chi connectivity index (χ2n) is 8.17. The molecule has 1 N–H and O–H groups in total. The maximum Gasteiger partial charge on any atom is 0.325 e. The molecule has 4 heterocycles. The molecule has 7 nitrogen and oxygen atoms in total. The maximum absolute atomic E-state index is 13.1. The van der Waals surface area contributed by atoms with Crippen molar-refractivity contribution in [2.45, 2.75) is 39.3 Å². The molecule has 4 amide bonds. The average molecular weight is 431 g/mol. The van der Waals surface area contributed by atoms with Crippen molar-refractivity contribution in [1.29, 1.82) is 0 Å². The Kier molecular flexibility index (Phi) is 5.04. The summed E-state index contributed by atoms with van der Waals surface area (Å²) < 4.78 is 0. The number of thiophene rings is 2. The number of hydrogen-bond acceptors (Lipinski definition) is 6. The van der Waals surface area contributed by atoms with Gasteiger partial charge in [-0.15, -0.1) is 22.7 Å². The number of carbonyl (C=O) groups is 3. The highest BCUT2D eigenvalue weighted by molar-refractivity contribution is 7.12. The molecule has 1 saturated heterocycles. The Hall–Kier alpha value is -2.52. The summed E-state index contributed by atoms with van der Waals surface area (Å²) in [6, 6.07) is 6.46. The third kappa shape index (κ3) is 3.72. The van der Waals surface area contributed by atoms with E-state index < -0.39 is 17.5 Å². The lowest BCUT2D eigenvalue weighted by Crippen LogP contribution is -2.43. The van der Waals surface area contributed by atoms with Crippen LogP contribution in [-0.2, 0) is 9.59 Å². The van der Waals surface area contributed by atoms with E-state index in [2.05, 4.69) is 10.4 Å². The summed E-state index contributed by atoms with van der Waals surface area (Å²) in [7, 11) is 0. The van der Waals surface area contributed by atoms with E-state index in [4.69, 9.17) is 0 Å². The number of nitrogens with zero attached hydrogens (tertiary/aromatic N) is 3. The Balaban J connectivity index is 1.57. The molecular weight excluding hydrogens is 408 g/mol. The lowest BCUT2D eigenvalue weighted by molar-refractivity contribution is -0.139.